The first kappa shape index (κ1) is 14.0. The third kappa shape index (κ3) is 2.27. The smallest absolute Gasteiger partial charge is 0.260 e. The highest BCUT2D eigenvalue weighted by Crippen LogP contribution is 2.26. The standard InChI is InChI=1S/C11H7ClF5NO/c12-4-1-2-18(3-4)11(19)5-6(13)8(15)10(17)9(16)7(5)14/h4H,1-3H2. The summed E-state index contributed by atoms with van der Waals surface area (Å²) in [6.45, 7) is 0.104. The van der Waals surface area contributed by atoms with E-state index in [0.717, 1.165) is 4.90 Å². The van der Waals surface area contributed by atoms with Crippen molar-refractivity contribution < 1.29 is 26.7 Å². The normalized spacial score (nSPS) is 19.1. The predicted molar refractivity (Wildman–Crippen MR) is 56.4 cm³/mol. The Morgan fingerprint density at radius 1 is 1.00 bits per heavy atom. The molecule has 19 heavy (non-hydrogen) atoms. The van der Waals surface area contributed by atoms with Crippen molar-refractivity contribution in [3.05, 3.63) is 34.6 Å². The highest BCUT2D eigenvalue weighted by atomic mass is 35.5. The lowest BCUT2D eigenvalue weighted by atomic mass is 10.1. The zero-order valence-electron chi connectivity index (χ0n) is 9.32. The van der Waals surface area contributed by atoms with Crippen LogP contribution in [0.4, 0.5) is 22.0 Å². The molecular formula is C11H7ClF5NO. The van der Waals surface area contributed by atoms with Crippen molar-refractivity contribution in [1.82, 2.24) is 4.90 Å². The summed E-state index contributed by atoms with van der Waals surface area (Å²) in [7, 11) is 0. The second-order valence-electron chi connectivity index (χ2n) is 4.08. The number of alkyl halides is 1. The first-order valence-electron chi connectivity index (χ1n) is 5.29. The van der Waals surface area contributed by atoms with Crippen LogP contribution in [0, 0.1) is 29.1 Å². The monoisotopic (exact) mass is 299 g/mol. The lowest BCUT2D eigenvalue weighted by molar-refractivity contribution is 0.0780. The topological polar surface area (TPSA) is 20.3 Å². The van der Waals surface area contributed by atoms with Crippen molar-refractivity contribution in [3.8, 4) is 0 Å². The maximum Gasteiger partial charge on any atom is 0.260 e. The minimum absolute atomic E-state index is 0.000116. The lowest BCUT2D eigenvalue weighted by Gasteiger charge is -2.17. The number of hydrogen-bond donors (Lipinski definition) is 0. The lowest BCUT2D eigenvalue weighted by Crippen LogP contribution is -2.31. The van der Waals surface area contributed by atoms with Crippen LogP contribution in [0.15, 0.2) is 0 Å². The van der Waals surface area contributed by atoms with Gasteiger partial charge in [-0.2, -0.15) is 0 Å². The van der Waals surface area contributed by atoms with Gasteiger partial charge in [0, 0.05) is 13.1 Å². The van der Waals surface area contributed by atoms with E-state index in [1.54, 1.807) is 0 Å². The summed E-state index contributed by atoms with van der Waals surface area (Å²) >= 11 is 5.72. The van der Waals surface area contributed by atoms with Crippen molar-refractivity contribution in [2.24, 2.45) is 0 Å². The summed E-state index contributed by atoms with van der Waals surface area (Å²) in [5.74, 6) is -12.1. The third-order valence-corrected chi connectivity index (χ3v) is 3.20. The van der Waals surface area contributed by atoms with Gasteiger partial charge in [-0.15, -0.1) is 11.6 Å². The second-order valence-corrected chi connectivity index (χ2v) is 4.70. The van der Waals surface area contributed by atoms with Gasteiger partial charge in [-0.05, 0) is 6.42 Å². The first-order chi connectivity index (χ1) is 8.84. The van der Waals surface area contributed by atoms with Crippen LogP contribution in [-0.2, 0) is 0 Å². The number of rotatable bonds is 1. The molecule has 1 aliphatic rings. The number of benzene rings is 1. The van der Waals surface area contributed by atoms with Gasteiger partial charge in [0.1, 0.15) is 5.56 Å². The maximum atomic E-state index is 13.4. The number of halogens is 6. The average molecular weight is 300 g/mol. The summed E-state index contributed by atoms with van der Waals surface area (Å²) < 4.78 is 65.6. The van der Waals surface area contributed by atoms with Gasteiger partial charge in [-0.3, -0.25) is 4.79 Å². The van der Waals surface area contributed by atoms with E-state index in [1.165, 1.54) is 0 Å². The van der Waals surface area contributed by atoms with E-state index in [0.29, 0.717) is 6.42 Å². The van der Waals surface area contributed by atoms with E-state index < -0.39 is 45.9 Å². The van der Waals surface area contributed by atoms with Gasteiger partial charge in [-0.25, -0.2) is 22.0 Å². The van der Waals surface area contributed by atoms with Crippen LogP contribution in [0.1, 0.15) is 16.8 Å². The molecule has 1 saturated heterocycles. The van der Waals surface area contributed by atoms with E-state index in [1.807, 2.05) is 0 Å². The van der Waals surface area contributed by atoms with Crippen molar-refractivity contribution in [2.75, 3.05) is 13.1 Å². The molecule has 0 aliphatic carbocycles. The van der Waals surface area contributed by atoms with E-state index in [9.17, 15) is 26.7 Å². The SMILES string of the molecule is O=C(c1c(F)c(F)c(F)c(F)c1F)N1CCC(Cl)C1. The second kappa shape index (κ2) is 4.96. The van der Waals surface area contributed by atoms with E-state index >= 15 is 0 Å². The van der Waals surface area contributed by atoms with Crippen LogP contribution in [0.3, 0.4) is 0 Å². The minimum Gasteiger partial charge on any atom is -0.337 e. The number of hydrogen-bond acceptors (Lipinski definition) is 1. The van der Waals surface area contributed by atoms with Crippen molar-refractivity contribution in [3.63, 3.8) is 0 Å². The molecule has 1 unspecified atom stereocenters. The fourth-order valence-corrected chi connectivity index (χ4v) is 2.12. The minimum atomic E-state index is -2.29. The van der Waals surface area contributed by atoms with Crippen molar-refractivity contribution in [1.29, 1.82) is 0 Å². The Labute approximate surface area is 109 Å². The van der Waals surface area contributed by atoms with Gasteiger partial charge in [0.2, 0.25) is 5.82 Å². The van der Waals surface area contributed by atoms with Gasteiger partial charge in [0.15, 0.2) is 23.3 Å². The first-order valence-corrected chi connectivity index (χ1v) is 5.73. The molecule has 1 aromatic rings. The van der Waals surface area contributed by atoms with Crippen LogP contribution in [-0.4, -0.2) is 29.3 Å². The molecule has 104 valence electrons. The molecule has 1 fully saturated rings. The molecule has 0 aromatic heterocycles. The molecular weight excluding hydrogens is 293 g/mol. The highest BCUT2D eigenvalue weighted by Gasteiger charge is 2.34. The van der Waals surface area contributed by atoms with Gasteiger partial charge in [-0.1, -0.05) is 0 Å². The Kier molecular flexibility index (Phi) is 3.66. The van der Waals surface area contributed by atoms with Crippen molar-refractivity contribution in [2.45, 2.75) is 11.8 Å². The summed E-state index contributed by atoms with van der Waals surface area (Å²) in [5, 5.41) is -0.398. The van der Waals surface area contributed by atoms with Crippen LogP contribution in [0.2, 0.25) is 0 Å². The van der Waals surface area contributed by atoms with Gasteiger partial charge < -0.3 is 4.90 Å². The molecule has 1 heterocycles. The zero-order valence-corrected chi connectivity index (χ0v) is 10.1. The summed E-state index contributed by atoms with van der Waals surface area (Å²) in [5.41, 5.74) is -1.44. The van der Waals surface area contributed by atoms with E-state index in [-0.39, 0.29) is 13.1 Å². The molecule has 0 radical (unpaired) electrons. The number of nitrogens with zero attached hydrogens (tertiary/aromatic N) is 1. The zero-order chi connectivity index (χ0) is 14.3. The summed E-state index contributed by atoms with van der Waals surface area (Å²) in [6, 6.07) is 0. The van der Waals surface area contributed by atoms with Gasteiger partial charge in [0.05, 0.1) is 5.38 Å². The Hall–Kier alpha value is -1.37. The van der Waals surface area contributed by atoms with Crippen LogP contribution in [0.5, 0.6) is 0 Å². The van der Waals surface area contributed by atoms with Crippen LogP contribution >= 0.6 is 11.6 Å². The number of carbonyl (C=O) groups excluding carboxylic acids is 1. The van der Waals surface area contributed by atoms with Crippen molar-refractivity contribution >= 4 is 17.5 Å². The summed E-state index contributed by atoms with van der Waals surface area (Å²) in [4.78, 5) is 12.7. The molecule has 0 N–H and O–H groups in total. The fourth-order valence-electron chi connectivity index (χ4n) is 1.85. The fraction of sp³-hybridized carbons (Fsp3) is 0.364. The van der Waals surface area contributed by atoms with E-state index in [2.05, 4.69) is 0 Å². The Balaban J connectivity index is 2.48. The molecule has 0 bridgehead atoms. The Morgan fingerprint density at radius 3 is 1.89 bits per heavy atom. The average Bonchev–Trinajstić information content (AvgIpc) is 2.81. The molecule has 0 spiro atoms. The molecule has 2 rings (SSSR count). The Morgan fingerprint density at radius 2 is 1.47 bits per heavy atom. The highest BCUT2D eigenvalue weighted by molar-refractivity contribution is 6.21. The largest absolute Gasteiger partial charge is 0.337 e. The number of likely N-dealkylation sites (tertiary alicyclic amines) is 1. The van der Waals surface area contributed by atoms with Gasteiger partial charge in [0.25, 0.3) is 5.91 Å². The van der Waals surface area contributed by atoms with Crippen LogP contribution < -0.4 is 0 Å². The molecule has 1 atom stereocenters. The number of carbonyl (C=O) groups is 1. The molecule has 8 heteroatoms. The van der Waals surface area contributed by atoms with Gasteiger partial charge >= 0.3 is 0 Å². The van der Waals surface area contributed by atoms with E-state index in [4.69, 9.17) is 11.6 Å². The molecule has 1 aliphatic heterocycles. The molecule has 1 amide bonds. The van der Waals surface area contributed by atoms with Crippen LogP contribution in [0.25, 0.3) is 0 Å². The summed E-state index contributed by atoms with van der Waals surface area (Å²) in [6.07, 6.45) is 0.392. The quantitative estimate of drug-likeness (QED) is 0.338. The third-order valence-electron chi connectivity index (χ3n) is 2.84. The predicted octanol–water partition coefficient (Wildman–Crippen LogP) is 2.84. The molecule has 1 aromatic carbocycles. The number of amides is 1. The molecule has 0 saturated carbocycles. The Bertz CT molecular complexity index is 521. The molecule has 2 nitrogen and oxygen atoms in total. The maximum absolute atomic E-state index is 13.4.